The number of likely N-dealkylation sites (tertiary alicyclic amines) is 1. The van der Waals surface area contributed by atoms with Crippen LogP contribution in [0.5, 0.6) is 0 Å². The van der Waals surface area contributed by atoms with Gasteiger partial charge in [0.25, 0.3) is 0 Å². The molecular weight excluding hydrogens is 490 g/mol. The Morgan fingerprint density at radius 2 is 1.85 bits per heavy atom. The summed E-state index contributed by atoms with van der Waals surface area (Å²) in [4.78, 5) is 12.7. The maximum Gasteiger partial charge on any atom is 0.207 e. The van der Waals surface area contributed by atoms with E-state index in [1.165, 1.54) is 12.8 Å². The van der Waals surface area contributed by atoms with Crippen molar-refractivity contribution in [2.24, 2.45) is 21.3 Å². The van der Waals surface area contributed by atoms with Crippen molar-refractivity contribution in [3.8, 4) is 0 Å². The number of benzene rings is 1. The third kappa shape index (κ3) is 4.73. The SMILES string of the molecule is CC1CC=C2C3=C(OCC4(CCCC4)CO3)C(=NCC3CCN(C)CC3)NN2C(c2cc3ccccc3o2)=N1. The zero-order valence-corrected chi connectivity index (χ0v) is 23.1. The van der Waals surface area contributed by atoms with Crippen molar-refractivity contribution in [1.29, 1.82) is 0 Å². The first-order chi connectivity index (χ1) is 19.1. The molecule has 2 aromatic rings. The summed E-state index contributed by atoms with van der Waals surface area (Å²) in [5.41, 5.74) is 5.48. The number of rotatable bonds is 3. The molecule has 39 heavy (non-hydrogen) atoms. The molecule has 4 aliphatic heterocycles. The van der Waals surface area contributed by atoms with Crippen molar-refractivity contribution in [3.05, 3.63) is 59.4 Å². The zero-order valence-electron chi connectivity index (χ0n) is 23.1. The summed E-state index contributed by atoms with van der Waals surface area (Å²) in [6, 6.07) is 10.3. The van der Waals surface area contributed by atoms with E-state index in [1.807, 2.05) is 23.2 Å². The highest BCUT2D eigenvalue weighted by Gasteiger charge is 2.43. The molecule has 8 heteroatoms. The Kier molecular flexibility index (Phi) is 6.38. The molecule has 1 spiro atoms. The highest BCUT2D eigenvalue weighted by atomic mass is 16.5. The number of nitrogens with one attached hydrogen (secondary N) is 1. The summed E-state index contributed by atoms with van der Waals surface area (Å²) in [5, 5.41) is 3.08. The molecule has 2 fully saturated rings. The summed E-state index contributed by atoms with van der Waals surface area (Å²) in [7, 11) is 2.20. The Bertz CT molecular complexity index is 1320. The number of hydrazine groups is 1. The summed E-state index contributed by atoms with van der Waals surface area (Å²) in [6.45, 7) is 6.50. The third-order valence-electron chi connectivity index (χ3n) is 9.02. The maximum atomic E-state index is 6.72. The van der Waals surface area contributed by atoms with Crippen molar-refractivity contribution < 1.29 is 13.9 Å². The van der Waals surface area contributed by atoms with Crippen LogP contribution in [0.2, 0.25) is 0 Å². The van der Waals surface area contributed by atoms with E-state index in [9.17, 15) is 0 Å². The lowest BCUT2D eigenvalue weighted by atomic mass is 9.88. The molecule has 7 rings (SSSR count). The van der Waals surface area contributed by atoms with Crippen molar-refractivity contribution in [3.63, 3.8) is 0 Å². The maximum absolute atomic E-state index is 6.72. The minimum Gasteiger partial charge on any atom is -0.487 e. The molecule has 5 aliphatic rings. The summed E-state index contributed by atoms with van der Waals surface area (Å²) in [5.74, 6) is 4.28. The number of fused-ring (bicyclic) bond motifs is 3. The molecule has 1 aromatic carbocycles. The van der Waals surface area contributed by atoms with Gasteiger partial charge >= 0.3 is 0 Å². The second-order valence-electron chi connectivity index (χ2n) is 12.1. The largest absolute Gasteiger partial charge is 0.487 e. The van der Waals surface area contributed by atoms with Crippen LogP contribution in [0.4, 0.5) is 0 Å². The molecule has 1 saturated heterocycles. The van der Waals surface area contributed by atoms with E-state index in [0.717, 1.165) is 97.4 Å². The van der Waals surface area contributed by atoms with Gasteiger partial charge in [-0.1, -0.05) is 37.1 Å². The number of para-hydroxylation sites is 1. The van der Waals surface area contributed by atoms with Gasteiger partial charge in [-0.15, -0.1) is 0 Å². The van der Waals surface area contributed by atoms with Crippen LogP contribution in [0.3, 0.4) is 0 Å². The lowest BCUT2D eigenvalue weighted by molar-refractivity contribution is 0.0613. The fourth-order valence-electron chi connectivity index (χ4n) is 6.51. The average molecular weight is 530 g/mol. The van der Waals surface area contributed by atoms with Crippen LogP contribution < -0.4 is 5.43 Å². The number of furan rings is 1. The van der Waals surface area contributed by atoms with Gasteiger partial charge in [0.1, 0.15) is 11.3 Å². The predicted molar refractivity (Wildman–Crippen MR) is 152 cm³/mol. The minimum atomic E-state index is 0.0788. The average Bonchev–Trinajstić information content (AvgIpc) is 3.50. The second-order valence-corrected chi connectivity index (χ2v) is 12.1. The van der Waals surface area contributed by atoms with Gasteiger partial charge in [-0.25, -0.2) is 5.01 Å². The van der Waals surface area contributed by atoms with E-state index in [-0.39, 0.29) is 11.5 Å². The summed E-state index contributed by atoms with van der Waals surface area (Å²) in [6.07, 6.45) is 10.1. The molecule has 0 bridgehead atoms. The van der Waals surface area contributed by atoms with Crippen LogP contribution in [0.15, 0.2) is 68.0 Å². The van der Waals surface area contributed by atoms with Gasteiger partial charge in [0.15, 0.2) is 23.2 Å². The molecule has 1 atom stereocenters. The van der Waals surface area contributed by atoms with Crippen LogP contribution in [0, 0.1) is 11.3 Å². The third-order valence-corrected chi connectivity index (χ3v) is 9.02. The quantitative estimate of drug-likeness (QED) is 0.587. The van der Waals surface area contributed by atoms with Crippen molar-refractivity contribution in [1.82, 2.24) is 15.3 Å². The van der Waals surface area contributed by atoms with E-state index in [0.29, 0.717) is 19.1 Å². The van der Waals surface area contributed by atoms with Gasteiger partial charge in [0.2, 0.25) is 5.76 Å². The topological polar surface area (TPSA) is 74.8 Å². The number of hydrogen-bond acceptors (Lipinski definition) is 7. The van der Waals surface area contributed by atoms with E-state index >= 15 is 0 Å². The molecular formula is C31H39N5O3. The van der Waals surface area contributed by atoms with Gasteiger partial charge in [-0.05, 0) is 77.2 Å². The van der Waals surface area contributed by atoms with Crippen LogP contribution in [0.1, 0.15) is 57.6 Å². The fourth-order valence-corrected chi connectivity index (χ4v) is 6.51. The molecule has 5 heterocycles. The molecule has 1 N–H and O–H groups in total. The fraction of sp³-hybridized carbons (Fsp3) is 0.548. The number of hydrogen-bond donors (Lipinski definition) is 1. The van der Waals surface area contributed by atoms with Gasteiger partial charge in [0.05, 0.1) is 19.3 Å². The van der Waals surface area contributed by atoms with Gasteiger partial charge < -0.3 is 18.8 Å². The first-order valence-corrected chi connectivity index (χ1v) is 14.6. The molecule has 0 radical (unpaired) electrons. The Morgan fingerprint density at radius 1 is 1.08 bits per heavy atom. The van der Waals surface area contributed by atoms with E-state index in [2.05, 4.69) is 42.5 Å². The van der Waals surface area contributed by atoms with Gasteiger partial charge in [-0.2, -0.15) is 0 Å². The number of nitrogens with zero attached hydrogens (tertiary/aromatic N) is 4. The van der Waals surface area contributed by atoms with E-state index in [1.54, 1.807) is 0 Å². The van der Waals surface area contributed by atoms with Crippen molar-refractivity contribution in [2.75, 3.05) is 39.9 Å². The van der Waals surface area contributed by atoms with E-state index < -0.39 is 0 Å². The molecule has 8 nitrogen and oxygen atoms in total. The number of piperidine rings is 1. The molecule has 206 valence electrons. The van der Waals surface area contributed by atoms with Gasteiger partial charge in [0, 0.05) is 17.3 Å². The smallest absolute Gasteiger partial charge is 0.207 e. The van der Waals surface area contributed by atoms with Crippen LogP contribution in [0.25, 0.3) is 11.0 Å². The Balaban J connectivity index is 1.27. The lowest BCUT2D eigenvalue weighted by Crippen LogP contribution is -2.51. The van der Waals surface area contributed by atoms with Crippen LogP contribution in [-0.4, -0.2) is 67.5 Å². The van der Waals surface area contributed by atoms with Crippen LogP contribution >= 0.6 is 0 Å². The van der Waals surface area contributed by atoms with Crippen molar-refractivity contribution >= 4 is 22.6 Å². The van der Waals surface area contributed by atoms with Crippen LogP contribution in [-0.2, 0) is 9.47 Å². The number of aliphatic imine (C=N–C) groups is 2. The minimum absolute atomic E-state index is 0.0788. The Labute approximate surface area is 230 Å². The number of amidine groups is 2. The highest BCUT2D eigenvalue weighted by molar-refractivity contribution is 6.06. The van der Waals surface area contributed by atoms with E-state index in [4.69, 9.17) is 23.9 Å². The Morgan fingerprint density at radius 3 is 2.64 bits per heavy atom. The normalized spacial score (nSPS) is 26.8. The molecule has 1 aromatic heterocycles. The monoisotopic (exact) mass is 529 g/mol. The molecule has 1 saturated carbocycles. The first kappa shape index (κ1) is 24.8. The second kappa shape index (κ2) is 10.0. The molecule has 1 unspecified atom stereocenters. The Hall–Kier alpha value is -3.26. The molecule has 0 amide bonds. The first-order valence-electron chi connectivity index (χ1n) is 14.6. The summed E-state index contributed by atoms with van der Waals surface area (Å²) < 4.78 is 19.7. The predicted octanol–water partition coefficient (Wildman–Crippen LogP) is 5.23. The highest BCUT2D eigenvalue weighted by Crippen LogP contribution is 2.43. The molecule has 1 aliphatic carbocycles. The lowest BCUT2D eigenvalue weighted by Gasteiger charge is -2.34. The number of ether oxygens (including phenoxy) is 2. The standard InChI is InChI=1S/C31H39N5O3/c1-21-9-10-24-27-28(38-20-31(19-37-27)13-5-6-14-31)29(32-18-22-11-15-35(2)16-12-22)34-36(24)30(33-21)26-17-23-7-3-4-8-25(23)39-26/h3-4,7-8,10,17,21-22H,5-6,9,11-16,18-20H2,1-2H3,(H,32,34). The zero-order chi connectivity index (χ0) is 26.4. The summed E-state index contributed by atoms with van der Waals surface area (Å²) >= 11 is 0. The van der Waals surface area contributed by atoms with Gasteiger partial charge in [-0.3, -0.25) is 15.4 Å². The van der Waals surface area contributed by atoms with Crippen molar-refractivity contribution in [2.45, 2.75) is 57.9 Å².